The number of nitrogens with one attached hydrogen (secondary N) is 2. The third-order valence-electron chi connectivity index (χ3n) is 4.69. The first kappa shape index (κ1) is 20.5. The maximum atomic E-state index is 12.4. The Morgan fingerprint density at radius 1 is 1.16 bits per heavy atom. The highest BCUT2D eigenvalue weighted by Crippen LogP contribution is 2.33. The Balaban J connectivity index is 1.63. The number of alkyl carbamates (subject to hydrolysis) is 1. The van der Waals surface area contributed by atoms with E-state index >= 15 is 0 Å². The van der Waals surface area contributed by atoms with E-state index in [4.69, 9.17) is 14.2 Å². The van der Waals surface area contributed by atoms with Gasteiger partial charge in [-0.1, -0.05) is 6.07 Å². The normalized spacial score (nSPS) is 14.9. The fraction of sp³-hybridized carbons (Fsp3) is 0.318. The molecule has 1 aliphatic rings. The van der Waals surface area contributed by atoms with Gasteiger partial charge in [-0.2, -0.15) is 5.10 Å². The van der Waals surface area contributed by atoms with Crippen molar-refractivity contribution in [3.05, 3.63) is 64.3 Å². The number of benzene rings is 2. The largest absolute Gasteiger partial charge is 0.497 e. The number of ether oxygens (including phenoxy) is 3. The highest BCUT2D eigenvalue weighted by atomic mass is 16.6. The number of aromatic nitrogens is 3. The van der Waals surface area contributed by atoms with Crippen LogP contribution in [0.15, 0.2) is 47.3 Å². The van der Waals surface area contributed by atoms with Crippen molar-refractivity contribution in [3.8, 4) is 22.9 Å². The molecule has 3 aromatic rings. The van der Waals surface area contributed by atoms with Crippen molar-refractivity contribution in [2.45, 2.75) is 38.8 Å². The van der Waals surface area contributed by atoms with Crippen LogP contribution in [0.2, 0.25) is 0 Å². The van der Waals surface area contributed by atoms with Gasteiger partial charge in [0.05, 0.1) is 18.8 Å². The average Bonchev–Trinajstić information content (AvgIpc) is 3.09. The van der Waals surface area contributed by atoms with E-state index in [1.807, 2.05) is 24.3 Å². The number of H-pyrrole nitrogens is 1. The SMILES string of the molecule is COc1cccc(Oc2ccc3c(c2)CC(NC(=O)OC(C)(C)C)c2n[nH]c(=O)n2-3)c1. The summed E-state index contributed by atoms with van der Waals surface area (Å²) in [5.41, 5.74) is 0.500. The monoisotopic (exact) mass is 424 g/mol. The van der Waals surface area contributed by atoms with E-state index < -0.39 is 17.7 Å². The van der Waals surface area contributed by atoms with E-state index in [0.29, 0.717) is 35.2 Å². The minimum atomic E-state index is -0.639. The van der Waals surface area contributed by atoms with Crippen molar-refractivity contribution in [1.29, 1.82) is 0 Å². The fourth-order valence-corrected chi connectivity index (χ4v) is 3.46. The van der Waals surface area contributed by atoms with Crippen LogP contribution in [0.4, 0.5) is 4.79 Å². The second kappa shape index (κ2) is 7.82. The number of aromatic amines is 1. The lowest BCUT2D eigenvalue weighted by molar-refractivity contribution is 0.0499. The van der Waals surface area contributed by atoms with E-state index in [0.717, 1.165) is 5.56 Å². The predicted molar refractivity (Wildman–Crippen MR) is 113 cm³/mol. The molecular weight excluding hydrogens is 400 g/mol. The van der Waals surface area contributed by atoms with Gasteiger partial charge in [0.2, 0.25) is 0 Å². The summed E-state index contributed by atoms with van der Waals surface area (Å²) in [6, 6.07) is 12.2. The van der Waals surface area contributed by atoms with Crippen molar-refractivity contribution >= 4 is 6.09 Å². The number of amides is 1. The van der Waals surface area contributed by atoms with E-state index in [9.17, 15) is 9.59 Å². The van der Waals surface area contributed by atoms with Gasteiger partial charge in [-0.3, -0.25) is 0 Å². The molecule has 162 valence electrons. The molecule has 0 saturated heterocycles. The molecule has 1 amide bonds. The van der Waals surface area contributed by atoms with Crippen LogP contribution in [0.5, 0.6) is 17.2 Å². The molecule has 0 radical (unpaired) electrons. The first-order chi connectivity index (χ1) is 14.7. The van der Waals surface area contributed by atoms with Gasteiger partial charge in [0, 0.05) is 12.5 Å². The van der Waals surface area contributed by atoms with Crippen LogP contribution in [0.1, 0.15) is 38.2 Å². The van der Waals surface area contributed by atoms with E-state index in [-0.39, 0.29) is 5.69 Å². The molecule has 0 bridgehead atoms. The Morgan fingerprint density at radius 2 is 1.90 bits per heavy atom. The second-order valence-electron chi connectivity index (χ2n) is 8.20. The number of hydrogen-bond acceptors (Lipinski definition) is 6. The summed E-state index contributed by atoms with van der Waals surface area (Å²) < 4.78 is 18.0. The maximum Gasteiger partial charge on any atom is 0.408 e. The Hall–Kier alpha value is -3.75. The minimum absolute atomic E-state index is 0.381. The highest BCUT2D eigenvalue weighted by molar-refractivity contribution is 5.68. The molecule has 0 saturated carbocycles. The van der Waals surface area contributed by atoms with Crippen LogP contribution >= 0.6 is 0 Å². The summed E-state index contributed by atoms with van der Waals surface area (Å²) in [5.74, 6) is 2.33. The first-order valence-corrected chi connectivity index (χ1v) is 9.85. The van der Waals surface area contributed by atoms with Gasteiger partial charge in [-0.05, 0) is 56.7 Å². The summed E-state index contributed by atoms with van der Waals surface area (Å²) in [6.45, 7) is 5.36. The molecule has 4 rings (SSSR count). The minimum Gasteiger partial charge on any atom is -0.497 e. The summed E-state index contributed by atoms with van der Waals surface area (Å²) >= 11 is 0. The summed E-state index contributed by atoms with van der Waals surface area (Å²) in [5, 5.41) is 9.37. The molecule has 0 fully saturated rings. The highest BCUT2D eigenvalue weighted by Gasteiger charge is 2.31. The number of carbonyl (C=O) groups excluding carboxylic acids is 1. The molecule has 31 heavy (non-hydrogen) atoms. The van der Waals surface area contributed by atoms with Gasteiger partial charge in [-0.15, -0.1) is 0 Å². The summed E-state index contributed by atoms with van der Waals surface area (Å²) in [7, 11) is 1.59. The van der Waals surface area contributed by atoms with Crippen molar-refractivity contribution in [1.82, 2.24) is 20.1 Å². The summed E-state index contributed by atoms with van der Waals surface area (Å²) in [6.07, 6.45) is -0.152. The molecule has 1 atom stereocenters. The van der Waals surface area contributed by atoms with Crippen molar-refractivity contribution in [3.63, 3.8) is 0 Å². The Kier molecular flexibility index (Phi) is 5.18. The van der Waals surface area contributed by atoms with Crippen LogP contribution in [0, 0.1) is 0 Å². The first-order valence-electron chi connectivity index (χ1n) is 9.85. The quantitative estimate of drug-likeness (QED) is 0.664. The Labute approximate surface area is 178 Å². The number of carbonyl (C=O) groups is 1. The molecule has 9 nitrogen and oxygen atoms in total. The van der Waals surface area contributed by atoms with Crippen LogP contribution in [0.25, 0.3) is 5.69 Å². The van der Waals surface area contributed by atoms with E-state index in [1.165, 1.54) is 4.57 Å². The Bertz CT molecular complexity index is 1180. The third-order valence-corrected chi connectivity index (χ3v) is 4.69. The van der Waals surface area contributed by atoms with E-state index in [2.05, 4.69) is 15.5 Å². The van der Waals surface area contributed by atoms with Gasteiger partial charge in [0.25, 0.3) is 0 Å². The number of rotatable bonds is 4. The topological polar surface area (TPSA) is 107 Å². The molecular formula is C22H24N4O5. The lowest BCUT2D eigenvalue weighted by Gasteiger charge is -2.27. The van der Waals surface area contributed by atoms with Gasteiger partial charge < -0.3 is 19.5 Å². The second-order valence-corrected chi connectivity index (χ2v) is 8.20. The van der Waals surface area contributed by atoms with Gasteiger partial charge in [0.15, 0.2) is 5.82 Å². The molecule has 1 aromatic heterocycles. The molecule has 2 heterocycles. The number of hydrogen-bond donors (Lipinski definition) is 2. The van der Waals surface area contributed by atoms with Crippen molar-refractivity contribution < 1.29 is 19.0 Å². The number of methoxy groups -OCH3 is 1. The predicted octanol–water partition coefficient (Wildman–Crippen LogP) is 3.48. The molecule has 0 spiro atoms. The van der Waals surface area contributed by atoms with Crippen molar-refractivity contribution in [2.75, 3.05) is 7.11 Å². The zero-order chi connectivity index (χ0) is 22.2. The van der Waals surface area contributed by atoms with Crippen LogP contribution in [0.3, 0.4) is 0 Å². The number of nitrogens with zero attached hydrogens (tertiary/aromatic N) is 2. The van der Waals surface area contributed by atoms with Crippen LogP contribution in [-0.2, 0) is 11.2 Å². The van der Waals surface area contributed by atoms with Gasteiger partial charge >= 0.3 is 11.8 Å². The maximum absolute atomic E-state index is 12.4. The van der Waals surface area contributed by atoms with Crippen LogP contribution < -0.4 is 20.5 Å². The fourth-order valence-electron chi connectivity index (χ4n) is 3.46. The van der Waals surface area contributed by atoms with E-state index in [1.54, 1.807) is 46.1 Å². The molecule has 2 N–H and O–H groups in total. The summed E-state index contributed by atoms with van der Waals surface area (Å²) in [4.78, 5) is 24.7. The van der Waals surface area contributed by atoms with Crippen LogP contribution in [-0.4, -0.2) is 33.6 Å². The lowest BCUT2D eigenvalue weighted by Crippen LogP contribution is -2.39. The smallest absolute Gasteiger partial charge is 0.408 e. The molecule has 2 aromatic carbocycles. The molecule has 1 aliphatic heterocycles. The van der Waals surface area contributed by atoms with Gasteiger partial charge in [-0.25, -0.2) is 19.3 Å². The zero-order valence-corrected chi connectivity index (χ0v) is 17.8. The molecule has 1 unspecified atom stereocenters. The molecule has 9 heteroatoms. The third kappa shape index (κ3) is 4.40. The molecule has 0 aliphatic carbocycles. The Morgan fingerprint density at radius 3 is 2.65 bits per heavy atom. The van der Waals surface area contributed by atoms with Gasteiger partial charge in [0.1, 0.15) is 22.8 Å². The zero-order valence-electron chi connectivity index (χ0n) is 17.8. The lowest BCUT2D eigenvalue weighted by atomic mass is 9.99. The average molecular weight is 424 g/mol. The number of fused-ring (bicyclic) bond motifs is 3. The van der Waals surface area contributed by atoms with Crippen molar-refractivity contribution in [2.24, 2.45) is 0 Å². The standard InChI is InChI=1S/C22H24N4O5/c1-22(2,3)31-21(28)23-17-11-13-10-16(30-15-7-5-6-14(12-15)29-4)8-9-18(13)26-19(17)24-25-20(26)27/h5-10,12,17H,11H2,1-4H3,(H,23,28)(H,25,27).